The number of halogens is 1. The quantitative estimate of drug-likeness (QED) is 0.741. The molecule has 0 aromatic heterocycles. The lowest BCUT2D eigenvalue weighted by molar-refractivity contribution is -0.138. The lowest BCUT2D eigenvalue weighted by Gasteiger charge is -2.43. The van der Waals surface area contributed by atoms with E-state index < -0.39 is 11.5 Å². The maximum atomic E-state index is 13.4. The van der Waals surface area contributed by atoms with Crippen LogP contribution in [-0.4, -0.2) is 29.7 Å². The average Bonchev–Trinajstić information content (AvgIpc) is 2.19. The van der Waals surface area contributed by atoms with Gasteiger partial charge < -0.3 is 15.7 Å². The number of anilines is 1. The highest BCUT2D eigenvalue weighted by molar-refractivity contribution is 5.70. The van der Waals surface area contributed by atoms with Crippen LogP contribution in [0.1, 0.15) is 12.0 Å². The Morgan fingerprint density at radius 2 is 2.29 bits per heavy atom. The molecule has 1 aromatic carbocycles. The summed E-state index contributed by atoms with van der Waals surface area (Å²) in [4.78, 5) is 10.8. The van der Waals surface area contributed by atoms with E-state index in [1.165, 1.54) is 6.07 Å². The van der Waals surface area contributed by atoms with E-state index in [0.29, 0.717) is 24.3 Å². The summed E-state index contributed by atoms with van der Waals surface area (Å²) >= 11 is 0. The summed E-state index contributed by atoms with van der Waals surface area (Å²) in [5, 5.41) is 15.0. The number of hydrogen-bond donors (Lipinski definition) is 3. The van der Waals surface area contributed by atoms with E-state index in [2.05, 4.69) is 10.6 Å². The zero-order chi connectivity index (χ0) is 12.5. The van der Waals surface area contributed by atoms with Gasteiger partial charge in [-0.1, -0.05) is 6.07 Å². The van der Waals surface area contributed by atoms with Crippen molar-refractivity contribution in [1.29, 1.82) is 0 Å². The van der Waals surface area contributed by atoms with Crippen molar-refractivity contribution in [1.82, 2.24) is 5.32 Å². The van der Waals surface area contributed by atoms with Gasteiger partial charge >= 0.3 is 5.97 Å². The predicted molar refractivity (Wildman–Crippen MR) is 62.6 cm³/mol. The SMILES string of the molecule is Cc1ccc(NC2(CC(=O)O)CNC2)cc1F. The number of carbonyl (C=O) groups is 1. The summed E-state index contributed by atoms with van der Waals surface area (Å²) in [6.45, 7) is 2.85. The molecule has 4 nitrogen and oxygen atoms in total. The third kappa shape index (κ3) is 2.55. The molecule has 1 aliphatic heterocycles. The van der Waals surface area contributed by atoms with Crippen LogP contribution in [0.3, 0.4) is 0 Å². The Balaban J connectivity index is 2.13. The fourth-order valence-corrected chi connectivity index (χ4v) is 1.95. The molecule has 1 aliphatic rings. The number of benzene rings is 1. The van der Waals surface area contributed by atoms with Crippen molar-refractivity contribution in [2.75, 3.05) is 18.4 Å². The molecule has 0 amide bonds. The molecule has 1 saturated heterocycles. The van der Waals surface area contributed by atoms with E-state index in [1.807, 2.05) is 0 Å². The molecule has 0 spiro atoms. The van der Waals surface area contributed by atoms with Crippen molar-refractivity contribution in [3.05, 3.63) is 29.6 Å². The first kappa shape index (κ1) is 11.9. The Kier molecular flexibility index (Phi) is 3.02. The van der Waals surface area contributed by atoms with Crippen LogP contribution < -0.4 is 10.6 Å². The Bertz CT molecular complexity index is 444. The lowest BCUT2D eigenvalue weighted by Crippen LogP contribution is -2.65. The third-order valence-corrected chi connectivity index (χ3v) is 3.00. The molecule has 2 rings (SSSR count). The third-order valence-electron chi connectivity index (χ3n) is 3.00. The molecular formula is C12H15FN2O2. The Morgan fingerprint density at radius 1 is 1.59 bits per heavy atom. The minimum absolute atomic E-state index is 0.0233. The normalized spacial score (nSPS) is 17.3. The highest BCUT2D eigenvalue weighted by Crippen LogP contribution is 2.24. The van der Waals surface area contributed by atoms with Crippen LogP contribution in [0.15, 0.2) is 18.2 Å². The average molecular weight is 238 g/mol. The molecule has 0 saturated carbocycles. The Morgan fingerprint density at radius 3 is 2.76 bits per heavy atom. The zero-order valence-electron chi connectivity index (χ0n) is 9.59. The monoisotopic (exact) mass is 238 g/mol. The number of rotatable bonds is 4. The number of nitrogens with one attached hydrogen (secondary N) is 2. The number of aryl methyl sites for hydroxylation is 1. The standard InChI is InChI=1S/C12H15FN2O2/c1-8-2-3-9(4-10(8)13)15-12(5-11(16)17)6-14-7-12/h2-4,14-15H,5-7H2,1H3,(H,16,17). The van der Waals surface area contributed by atoms with Crippen molar-refractivity contribution in [2.24, 2.45) is 0 Å². The van der Waals surface area contributed by atoms with Crippen LogP contribution in [0.2, 0.25) is 0 Å². The number of aliphatic carboxylic acids is 1. The molecule has 0 radical (unpaired) electrons. The summed E-state index contributed by atoms with van der Waals surface area (Å²) in [7, 11) is 0. The summed E-state index contributed by atoms with van der Waals surface area (Å²) in [5.41, 5.74) is 0.707. The van der Waals surface area contributed by atoms with E-state index in [0.717, 1.165) is 0 Å². The van der Waals surface area contributed by atoms with Crippen LogP contribution in [0.4, 0.5) is 10.1 Å². The van der Waals surface area contributed by atoms with E-state index in [-0.39, 0.29) is 12.2 Å². The summed E-state index contributed by atoms with van der Waals surface area (Å²) in [6, 6.07) is 4.84. The van der Waals surface area contributed by atoms with Gasteiger partial charge in [-0.15, -0.1) is 0 Å². The smallest absolute Gasteiger partial charge is 0.305 e. The van der Waals surface area contributed by atoms with E-state index in [1.54, 1.807) is 19.1 Å². The van der Waals surface area contributed by atoms with Crippen molar-refractivity contribution in [3.63, 3.8) is 0 Å². The highest BCUT2D eigenvalue weighted by Gasteiger charge is 2.39. The Labute approximate surface area is 98.8 Å². The summed E-state index contributed by atoms with van der Waals surface area (Å²) in [6.07, 6.45) is 0.0233. The van der Waals surface area contributed by atoms with Gasteiger partial charge in [0.05, 0.1) is 12.0 Å². The van der Waals surface area contributed by atoms with E-state index >= 15 is 0 Å². The van der Waals surface area contributed by atoms with Gasteiger partial charge in [0.25, 0.3) is 0 Å². The van der Waals surface area contributed by atoms with Crippen LogP contribution in [0.5, 0.6) is 0 Å². The second-order valence-corrected chi connectivity index (χ2v) is 4.54. The summed E-state index contributed by atoms with van der Waals surface area (Å²) < 4.78 is 13.4. The molecule has 3 N–H and O–H groups in total. The van der Waals surface area contributed by atoms with Crippen LogP contribution in [0, 0.1) is 12.7 Å². The minimum Gasteiger partial charge on any atom is -0.481 e. The second kappa shape index (κ2) is 4.33. The molecule has 1 heterocycles. The molecule has 1 aromatic rings. The highest BCUT2D eigenvalue weighted by atomic mass is 19.1. The Hall–Kier alpha value is -1.62. The van der Waals surface area contributed by atoms with Crippen molar-refractivity contribution in [3.8, 4) is 0 Å². The van der Waals surface area contributed by atoms with Gasteiger partial charge in [-0.05, 0) is 24.6 Å². The van der Waals surface area contributed by atoms with Gasteiger partial charge in [0.2, 0.25) is 0 Å². The van der Waals surface area contributed by atoms with Crippen LogP contribution in [-0.2, 0) is 4.79 Å². The van der Waals surface area contributed by atoms with Gasteiger partial charge in [-0.2, -0.15) is 0 Å². The molecule has 92 valence electrons. The van der Waals surface area contributed by atoms with Gasteiger partial charge in [0, 0.05) is 18.8 Å². The van der Waals surface area contributed by atoms with Crippen LogP contribution in [0.25, 0.3) is 0 Å². The fraction of sp³-hybridized carbons (Fsp3) is 0.417. The van der Waals surface area contributed by atoms with E-state index in [9.17, 15) is 9.18 Å². The molecule has 1 fully saturated rings. The minimum atomic E-state index is -0.855. The predicted octanol–water partition coefficient (Wildman–Crippen LogP) is 1.36. The molecule has 5 heteroatoms. The topological polar surface area (TPSA) is 61.4 Å². The fourth-order valence-electron chi connectivity index (χ4n) is 1.95. The van der Waals surface area contributed by atoms with Crippen LogP contribution >= 0.6 is 0 Å². The van der Waals surface area contributed by atoms with Gasteiger partial charge in [0.1, 0.15) is 5.82 Å². The number of carboxylic acid groups (broad SMARTS) is 1. The van der Waals surface area contributed by atoms with Crippen molar-refractivity contribution in [2.45, 2.75) is 18.9 Å². The van der Waals surface area contributed by atoms with E-state index in [4.69, 9.17) is 5.11 Å². The first-order chi connectivity index (χ1) is 8.01. The largest absolute Gasteiger partial charge is 0.481 e. The maximum absolute atomic E-state index is 13.4. The molecule has 17 heavy (non-hydrogen) atoms. The second-order valence-electron chi connectivity index (χ2n) is 4.54. The van der Waals surface area contributed by atoms with Gasteiger partial charge in [0.15, 0.2) is 0 Å². The first-order valence-electron chi connectivity index (χ1n) is 5.48. The first-order valence-corrected chi connectivity index (χ1v) is 5.48. The zero-order valence-corrected chi connectivity index (χ0v) is 9.59. The molecular weight excluding hydrogens is 223 g/mol. The number of hydrogen-bond acceptors (Lipinski definition) is 3. The van der Waals surface area contributed by atoms with Gasteiger partial charge in [-0.3, -0.25) is 4.79 Å². The molecule has 0 aliphatic carbocycles. The lowest BCUT2D eigenvalue weighted by atomic mass is 9.88. The summed E-state index contributed by atoms with van der Waals surface area (Å²) in [5.74, 6) is -1.14. The van der Waals surface area contributed by atoms with Gasteiger partial charge in [-0.25, -0.2) is 4.39 Å². The molecule has 0 atom stereocenters. The number of carboxylic acids is 1. The molecule has 0 unspecified atom stereocenters. The maximum Gasteiger partial charge on any atom is 0.305 e. The van der Waals surface area contributed by atoms with Crippen molar-refractivity contribution < 1.29 is 14.3 Å². The molecule has 0 bridgehead atoms. The van der Waals surface area contributed by atoms with Crippen molar-refractivity contribution >= 4 is 11.7 Å².